The largest absolute Gasteiger partial charge is 0.274 e. The molecule has 2 rings (SSSR count). The van der Waals surface area contributed by atoms with E-state index in [1.54, 1.807) is 11.7 Å². The van der Waals surface area contributed by atoms with Gasteiger partial charge in [-0.3, -0.25) is 4.99 Å². The maximum absolute atomic E-state index is 4.33. The molecule has 2 aromatic rings. The minimum atomic E-state index is 0.844. The minimum absolute atomic E-state index is 0.844. The molecule has 0 amide bonds. The van der Waals surface area contributed by atoms with Crippen LogP contribution in [0, 0.1) is 6.92 Å². The number of rotatable bonds is 0. The maximum atomic E-state index is 4.33. The molecule has 0 fully saturated rings. The van der Waals surface area contributed by atoms with Gasteiger partial charge in [-0.05, 0) is 25.5 Å². The van der Waals surface area contributed by atoms with Gasteiger partial charge in [0, 0.05) is 18.6 Å². The normalized spacial score (nSPS) is 12.4. The molecule has 0 atom stereocenters. The summed E-state index contributed by atoms with van der Waals surface area (Å²) >= 11 is 0. The number of aromatic nitrogens is 3. The molecule has 2 aromatic heterocycles. The van der Waals surface area contributed by atoms with Crippen molar-refractivity contribution in [1.29, 1.82) is 0 Å². The van der Waals surface area contributed by atoms with Crippen molar-refractivity contribution < 1.29 is 0 Å². The third-order valence-electron chi connectivity index (χ3n) is 2.17. The standard InChI is InChI=1S/C10H12N4/c1-7-4-9-6-13-14(8(2)11-3)10(9)12-5-7/h4-6H,1-3H3. The third-order valence-corrected chi connectivity index (χ3v) is 2.17. The first-order valence-corrected chi connectivity index (χ1v) is 4.46. The average Bonchev–Trinajstić information content (AvgIpc) is 2.59. The molecule has 0 radical (unpaired) electrons. The molecule has 4 heteroatoms. The predicted molar refractivity (Wildman–Crippen MR) is 56.7 cm³/mol. The van der Waals surface area contributed by atoms with Gasteiger partial charge >= 0.3 is 0 Å². The Labute approximate surface area is 82.3 Å². The van der Waals surface area contributed by atoms with Crippen LogP contribution in [0.3, 0.4) is 0 Å². The first-order chi connectivity index (χ1) is 6.72. The van der Waals surface area contributed by atoms with Crippen LogP contribution >= 0.6 is 0 Å². The minimum Gasteiger partial charge on any atom is -0.274 e. The zero-order valence-electron chi connectivity index (χ0n) is 8.52. The van der Waals surface area contributed by atoms with Crippen LogP contribution in [-0.4, -0.2) is 27.6 Å². The van der Waals surface area contributed by atoms with Gasteiger partial charge < -0.3 is 0 Å². The predicted octanol–water partition coefficient (Wildman–Crippen LogP) is 1.64. The molecule has 0 unspecified atom stereocenters. The Balaban J connectivity index is 2.70. The van der Waals surface area contributed by atoms with E-state index in [1.165, 1.54) is 0 Å². The summed E-state index contributed by atoms with van der Waals surface area (Å²) in [6, 6.07) is 2.06. The summed E-state index contributed by atoms with van der Waals surface area (Å²) in [5.74, 6) is 0.844. The summed E-state index contributed by atoms with van der Waals surface area (Å²) in [4.78, 5) is 8.41. The molecule has 0 saturated carbocycles. The van der Waals surface area contributed by atoms with E-state index >= 15 is 0 Å². The van der Waals surface area contributed by atoms with Gasteiger partial charge in [0.2, 0.25) is 0 Å². The first-order valence-electron chi connectivity index (χ1n) is 4.46. The van der Waals surface area contributed by atoms with Crippen molar-refractivity contribution in [2.75, 3.05) is 7.05 Å². The number of fused-ring (bicyclic) bond motifs is 1. The summed E-state index contributed by atoms with van der Waals surface area (Å²) in [6.07, 6.45) is 3.65. The number of aliphatic imine (C=N–C) groups is 1. The highest BCUT2D eigenvalue weighted by atomic mass is 15.3. The zero-order valence-corrected chi connectivity index (χ0v) is 8.52. The summed E-state index contributed by atoms with van der Waals surface area (Å²) in [5, 5.41) is 5.28. The summed E-state index contributed by atoms with van der Waals surface area (Å²) in [7, 11) is 1.75. The summed E-state index contributed by atoms with van der Waals surface area (Å²) in [6.45, 7) is 3.93. The van der Waals surface area contributed by atoms with E-state index < -0.39 is 0 Å². The van der Waals surface area contributed by atoms with Crippen LogP contribution in [0.2, 0.25) is 0 Å². The molecule has 0 saturated heterocycles. The third kappa shape index (κ3) is 1.28. The van der Waals surface area contributed by atoms with Crippen molar-refractivity contribution in [2.45, 2.75) is 13.8 Å². The molecule has 0 aromatic carbocycles. The molecule has 0 aliphatic rings. The highest BCUT2D eigenvalue weighted by Gasteiger charge is 2.05. The van der Waals surface area contributed by atoms with Crippen LogP contribution in [0.5, 0.6) is 0 Å². The van der Waals surface area contributed by atoms with Gasteiger partial charge in [0.25, 0.3) is 0 Å². The molecule has 0 aliphatic heterocycles. The number of hydrogen-bond acceptors (Lipinski definition) is 3. The molecule has 4 nitrogen and oxygen atoms in total. The Morgan fingerprint density at radius 1 is 1.43 bits per heavy atom. The van der Waals surface area contributed by atoms with Gasteiger partial charge in [-0.1, -0.05) is 0 Å². The average molecular weight is 188 g/mol. The number of hydrogen-bond donors (Lipinski definition) is 0. The Hall–Kier alpha value is -1.71. The second kappa shape index (κ2) is 3.21. The van der Waals surface area contributed by atoms with Crippen LogP contribution in [0.1, 0.15) is 12.5 Å². The molecule has 0 aliphatic carbocycles. The number of nitrogens with zero attached hydrogens (tertiary/aromatic N) is 4. The van der Waals surface area contributed by atoms with Gasteiger partial charge in [0.1, 0.15) is 5.84 Å². The molecule has 2 heterocycles. The number of pyridine rings is 1. The lowest BCUT2D eigenvalue weighted by Gasteiger charge is -1.99. The lowest BCUT2D eigenvalue weighted by Crippen LogP contribution is -2.09. The fourth-order valence-electron chi connectivity index (χ4n) is 1.36. The lowest BCUT2D eigenvalue weighted by atomic mass is 10.3. The highest BCUT2D eigenvalue weighted by Crippen LogP contribution is 2.11. The summed E-state index contributed by atoms with van der Waals surface area (Å²) in [5.41, 5.74) is 2.00. The van der Waals surface area contributed by atoms with Gasteiger partial charge in [0.15, 0.2) is 5.65 Å². The molecule has 14 heavy (non-hydrogen) atoms. The lowest BCUT2D eigenvalue weighted by molar-refractivity contribution is 0.937. The van der Waals surface area contributed by atoms with E-state index in [0.717, 1.165) is 22.4 Å². The van der Waals surface area contributed by atoms with Crippen LogP contribution in [-0.2, 0) is 0 Å². The Morgan fingerprint density at radius 3 is 2.93 bits per heavy atom. The van der Waals surface area contributed by atoms with Gasteiger partial charge in [0.05, 0.1) is 6.20 Å². The van der Waals surface area contributed by atoms with Crippen LogP contribution in [0.15, 0.2) is 23.5 Å². The summed E-state index contributed by atoms with van der Waals surface area (Å²) < 4.78 is 1.74. The SMILES string of the molecule is CN=C(C)n1ncc2cc(C)cnc21. The Morgan fingerprint density at radius 2 is 2.21 bits per heavy atom. The maximum Gasteiger partial charge on any atom is 0.164 e. The van der Waals surface area contributed by atoms with Crippen LogP contribution in [0.25, 0.3) is 11.0 Å². The van der Waals surface area contributed by atoms with Crippen molar-refractivity contribution >= 4 is 16.9 Å². The van der Waals surface area contributed by atoms with Crippen LogP contribution < -0.4 is 0 Å². The van der Waals surface area contributed by atoms with Gasteiger partial charge in [-0.25, -0.2) is 9.67 Å². The van der Waals surface area contributed by atoms with E-state index in [-0.39, 0.29) is 0 Å². The highest BCUT2D eigenvalue weighted by molar-refractivity contribution is 5.90. The zero-order chi connectivity index (χ0) is 10.1. The molecule has 72 valence electrons. The van der Waals surface area contributed by atoms with E-state index in [0.29, 0.717) is 0 Å². The monoisotopic (exact) mass is 188 g/mol. The van der Waals surface area contributed by atoms with Crippen molar-refractivity contribution in [3.63, 3.8) is 0 Å². The Bertz CT molecular complexity index is 496. The van der Waals surface area contributed by atoms with Crippen molar-refractivity contribution in [3.05, 3.63) is 24.0 Å². The van der Waals surface area contributed by atoms with Gasteiger partial charge in [-0.15, -0.1) is 0 Å². The Kier molecular flexibility index (Phi) is 2.04. The second-order valence-corrected chi connectivity index (χ2v) is 3.25. The van der Waals surface area contributed by atoms with Crippen molar-refractivity contribution in [1.82, 2.24) is 14.8 Å². The van der Waals surface area contributed by atoms with Crippen molar-refractivity contribution in [3.8, 4) is 0 Å². The topological polar surface area (TPSA) is 43.1 Å². The van der Waals surface area contributed by atoms with Crippen LogP contribution in [0.4, 0.5) is 0 Å². The fraction of sp³-hybridized carbons (Fsp3) is 0.300. The van der Waals surface area contributed by atoms with Crippen molar-refractivity contribution in [2.24, 2.45) is 4.99 Å². The van der Waals surface area contributed by atoms with E-state index in [4.69, 9.17) is 0 Å². The molecular formula is C10H12N4. The first kappa shape index (κ1) is 8.87. The second-order valence-electron chi connectivity index (χ2n) is 3.25. The van der Waals surface area contributed by atoms with E-state index in [9.17, 15) is 0 Å². The smallest absolute Gasteiger partial charge is 0.164 e. The number of aryl methyl sites for hydroxylation is 1. The van der Waals surface area contributed by atoms with Gasteiger partial charge in [-0.2, -0.15) is 5.10 Å². The van der Waals surface area contributed by atoms with E-state index in [1.807, 2.05) is 26.2 Å². The molecule has 0 spiro atoms. The molecule has 0 N–H and O–H groups in total. The molecule has 0 bridgehead atoms. The fourth-order valence-corrected chi connectivity index (χ4v) is 1.36. The molecular weight excluding hydrogens is 176 g/mol. The quantitative estimate of drug-likeness (QED) is 0.466. The van der Waals surface area contributed by atoms with E-state index in [2.05, 4.69) is 21.1 Å².